The van der Waals surface area contributed by atoms with Gasteiger partial charge in [-0.2, -0.15) is 0 Å². The van der Waals surface area contributed by atoms with Crippen LogP contribution in [-0.2, 0) is 6.54 Å². The molecule has 2 nitrogen and oxygen atoms in total. The zero-order chi connectivity index (χ0) is 14.0. The number of halogens is 1. The molecule has 0 aliphatic rings. The molecule has 1 atom stereocenters. The van der Waals surface area contributed by atoms with E-state index in [1.165, 1.54) is 22.3 Å². The average Bonchev–Trinajstić information content (AvgIpc) is 2.70. The van der Waals surface area contributed by atoms with Gasteiger partial charge in [0.1, 0.15) is 11.5 Å². The number of hydrogen-bond donors (Lipinski definition) is 1. The quantitative estimate of drug-likeness (QED) is 0.877. The van der Waals surface area contributed by atoms with Crippen molar-refractivity contribution in [3.05, 3.63) is 58.0 Å². The van der Waals surface area contributed by atoms with Gasteiger partial charge in [0.25, 0.3) is 0 Å². The summed E-state index contributed by atoms with van der Waals surface area (Å²) in [6.07, 6.45) is 0. The molecule has 0 aliphatic carbocycles. The lowest BCUT2D eigenvalue weighted by molar-refractivity contribution is 0.489. The van der Waals surface area contributed by atoms with Crippen molar-refractivity contribution in [3.8, 4) is 0 Å². The third kappa shape index (κ3) is 3.65. The van der Waals surface area contributed by atoms with E-state index in [0.29, 0.717) is 6.04 Å². The molecule has 20 heavy (non-hydrogen) atoms. The second-order valence-corrected chi connectivity index (χ2v) is 5.33. The zero-order valence-electron chi connectivity index (χ0n) is 12.9. The molecule has 2 aromatic rings. The second kappa shape index (κ2) is 6.96. The van der Waals surface area contributed by atoms with Crippen molar-refractivity contribution in [2.75, 3.05) is 0 Å². The van der Waals surface area contributed by atoms with Crippen LogP contribution in [-0.4, -0.2) is 0 Å². The van der Waals surface area contributed by atoms with Crippen molar-refractivity contribution in [1.82, 2.24) is 5.32 Å². The molecule has 0 aliphatic heterocycles. The first-order valence-electron chi connectivity index (χ1n) is 6.84. The standard InChI is InChI=1S/C17H23NO.ClH/c1-11-7-6-8-16(13(11)3)10-18-14(4)17-9-12(2)19-15(17)5;/h6-9,14,18H,10H2,1-5H3;1H. The predicted molar refractivity (Wildman–Crippen MR) is 86.6 cm³/mol. The molecule has 1 aromatic heterocycles. The van der Waals surface area contributed by atoms with Crippen molar-refractivity contribution in [2.45, 2.75) is 47.2 Å². The highest BCUT2D eigenvalue weighted by Crippen LogP contribution is 2.22. The molecule has 2 rings (SSSR count). The Morgan fingerprint density at radius 1 is 1.15 bits per heavy atom. The topological polar surface area (TPSA) is 25.2 Å². The van der Waals surface area contributed by atoms with Gasteiger partial charge in [0.15, 0.2) is 0 Å². The van der Waals surface area contributed by atoms with Gasteiger partial charge >= 0.3 is 0 Å². The maximum Gasteiger partial charge on any atom is 0.105 e. The summed E-state index contributed by atoms with van der Waals surface area (Å²) in [5.74, 6) is 1.99. The smallest absolute Gasteiger partial charge is 0.105 e. The Morgan fingerprint density at radius 3 is 2.45 bits per heavy atom. The first-order valence-corrected chi connectivity index (χ1v) is 6.84. The molecule has 3 heteroatoms. The maximum absolute atomic E-state index is 5.59. The van der Waals surface area contributed by atoms with Crippen LogP contribution in [0, 0.1) is 27.7 Å². The fraction of sp³-hybridized carbons (Fsp3) is 0.412. The van der Waals surface area contributed by atoms with Crippen molar-refractivity contribution in [3.63, 3.8) is 0 Å². The monoisotopic (exact) mass is 293 g/mol. The molecule has 1 unspecified atom stereocenters. The van der Waals surface area contributed by atoms with Gasteiger partial charge < -0.3 is 9.73 Å². The Balaban J connectivity index is 0.00000200. The molecule has 0 saturated heterocycles. The number of furan rings is 1. The molecular formula is C17H24ClNO. The van der Waals surface area contributed by atoms with E-state index in [2.05, 4.69) is 50.4 Å². The highest BCUT2D eigenvalue weighted by Gasteiger charge is 2.12. The van der Waals surface area contributed by atoms with E-state index in [4.69, 9.17) is 4.42 Å². The Labute approximate surface area is 128 Å². The Kier molecular flexibility index (Phi) is 5.85. The van der Waals surface area contributed by atoms with E-state index in [-0.39, 0.29) is 12.4 Å². The lowest BCUT2D eigenvalue weighted by Gasteiger charge is -2.15. The Hall–Kier alpha value is -1.25. The number of hydrogen-bond acceptors (Lipinski definition) is 2. The molecule has 1 heterocycles. The van der Waals surface area contributed by atoms with E-state index in [1.54, 1.807) is 0 Å². The predicted octanol–water partition coefficient (Wildman–Crippen LogP) is 4.79. The molecule has 0 fully saturated rings. The minimum absolute atomic E-state index is 0. The van der Waals surface area contributed by atoms with E-state index < -0.39 is 0 Å². The second-order valence-electron chi connectivity index (χ2n) is 5.33. The summed E-state index contributed by atoms with van der Waals surface area (Å²) in [7, 11) is 0. The highest BCUT2D eigenvalue weighted by atomic mass is 35.5. The van der Waals surface area contributed by atoms with E-state index in [0.717, 1.165) is 18.1 Å². The summed E-state index contributed by atoms with van der Waals surface area (Å²) < 4.78 is 5.59. The van der Waals surface area contributed by atoms with Crippen molar-refractivity contribution >= 4 is 12.4 Å². The van der Waals surface area contributed by atoms with E-state index >= 15 is 0 Å². The van der Waals surface area contributed by atoms with Gasteiger partial charge in [0.05, 0.1) is 0 Å². The first-order chi connectivity index (χ1) is 8.99. The number of benzene rings is 1. The number of nitrogens with one attached hydrogen (secondary N) is 1. The lowest BCUT2D eigenvalue weighted by atomic mass is 10.0. The van der Waals surface area contributed by atoms with Gasteiger partial charge in [-0.25, -0.2) is 0 Å². The van der Waals surface area contributed by atoms with Crippen LogP contribution in [0.1, 0.15) is 46.7 Å². The van der Waals surface area contributed by atoms with Gasteiger partial charge in [-0.1, -0.05) is 18.2 Å². The average molecular weight is 294 g/mol. The van der Waals surface area contributed by atoms with Crippen molar-refractivity contribution in [2.24, 2.45) is 0 Å². The van der Waals surface area contributed by atoms with E-state index in [9.17, 15) is 0 Å². The minimum atomic E-state index is 0. The molecule has 0 saturated carbocycles. The zero-order valence-corrected chi connectivity index (χ0v) is 13.7. The van der Waals surface area contributed by atoms with Gasteiger partial charge in [0.2, 0.25) is 0 Å². The van der Waals surface area contributed by atoms with E-state index in [1.807, 2.05) is 13.8 Å². The summed E-state index contributed by atoms with van der Waals surface area (Å²) in [5.41, 5.74) is 5.34. The van der Waals surface area contributed by atoms with Gasteiger partial charge in [-0.05, 0) is 57.4 Å². The van der Waals surface area contributed by atoms with Crippen molar-refractivity contribution < 1.29 is 4.42 Å². The summed E-state index contributed by atoms with van der Waals surface area (Å²) in [6.45, 7) is 11.4. The van der Waals surface area contributed by atoms with Crippen LogP contribution >= 0.6 is 12.4 Å². The highest BCUT2D eigenvalue weighted by molar-refractivity contribution is 5.85. The molecule has 0 radical (unpaired) electrons. The summed E-state index contributed by atoms with van der Waals surface area (Å²) in [6, 6.07) is 8.90. The number of rotatable bonds is 4. The summed E-state index contributed by atoms with van der Waals surface area (Å²) in [4.78, 5) is 0. The van der Waals surface area contributed by atoms with Crippen LogP contribution in [0.2, 0.25) is 0 Å². The molecule has 1 N–H and O–H groups in total. The summed E-state index contributed by atoms with van der Waals surface area (Å²) in [5, 5.41) is 3.58. The van der Waals surface area contributed by atoms with Crippen molar-refractivity contribution in [1.29, 1.82) is 0 Å². The summed E-state index contributed by atoms with van der Waals surface area (Å²) >= 11 is 0. The normalized spacial score (nSPS) is 12.1. The van der Waals surface area contributed by atoms with Crippen LogP contribution in [0.5, 0.6) is 0 Å². The molecule has 1 aromatic carbocycles. The van der Waals surface area contributed by atoms with Crippen LogP contribution in [0.3, 0.4) is 0 Å². The molecule has 110 valence electrons. The third-order valence-electron chi connectivity index (χ3n) is 3.86. The number of aryl methyl sites for hydroxylation is 3. The third-order valence-corrected chi connectivity index (χ3v) is 3.86. The lowest BCUT2D eigenvalue weighted by Crippen LogP contribution is -2.19. The van der Waals surface area contributed by atoms with Crippen LogP contribution in [0.4, 0.5) is 0 Å². The fourth-order valence-corrected chi connectivity index (χ4v) is 2.46. The maximum atomic E-state index is 5.59. The molecule has 0 bridgehead atoms. The Morgan fingerprint density at radius 2 is 1.85 bits per heavy atom. The van der Waals surface area contributed by atoms with Gasteiger partial charge in [-0.3, -0.25) is 0 Å². The minimum Gasteiger partial charge on any atom is -0.466 e. The van der Waals surface area contributed by atoms with Gasteiger partial charge in [0, 0.05) is 18.2 Å². The van der Waals surface area contributed by atoms with Crippen LogP contribution in [0.15, 0.2) is 28.7 Å². The first kappa shape index (κ1) is 16.8. The fourth-order valence-electron chi connectivity index (χ4n) is 2.46. The molecule has 0 spiro atoms. The SMILES string of the molecule is Cc1cc(C(C)NCc2cccc(C)c2C)c(C)o1.Cl. The van der Waals surface area contributed by atoms with Gasteiger partial charge in [-0.15, -0.1) is 12.4 Å². The molecule has 0 amide bonds. The van der Waals surface area contributed by atoms with Crippen LogP contribution in [0.25, 0.3) is 0 Å². The molecular weight excluding hydrogens is 270 g/mol. The Bertz CT molecular complexity index is 574. The van der Waals surface area contributed by atoms with Crippen LogP contribution < -0.4 is 5.32 Å². The largest absolute Gasteiger partial charge is 0.466 e.